The highest BCUT2D eigenvalue weighted by atomic mass is 35.5. The van der Waals surface area contributed by atoms with Crippen molar-refractivity contribution >= 4 is 21.6 Å². The molecule has 0 aliphatic carbocycles. The van der Waals surface area contributed by atoms with E-state index < -0.39 is 10.0 Å². The number of sulfonamides is 1. The third-order valence-corrected chi connectivity index (χ3v) is 3.62. The predicted molar refractivity (Wildman–Crippen MR) is 72.4 cm³/mol. The molecule has 102 valence electrons. The van der Waals surface area contributed by atoms with E-state index in [-0.39, 0.29) is 9.92 Å². The van der Waals surface area contributed by atoms with Gasteiger partial charge < -0.3 is 4.74 Å². The molecular formula is C12H18ClNO3S. The molecule has 0 saturated heterocycles. The molecule has 0 heterocycles. The number of nitrogens with two attached hydrogens (primary N) is 1. The Morgan fingerprint density at radius 1 is 1.39 bits per heavy atom. The highest BCUT2D eigenvalue weighted by Crippen LogP contribution is 2.27. The molecule has 4 nitrogen and oxygen atoms in total. The van der Waals surface area contributed by atoms with E-state index in [0.717, 1.165) is 12.8 Å². The topological polar surface area (TPSA) is 69.4 Å². The standard InChI is InChI=1S/C12H18ClNO3S/c1-9(2)4-3-7-17-12-6-5-10(8-11(12)13)18(14,15)16/h5-6,8-9H,3-4,7H2,1-2H3,(H2,14,15,16). The number of benzene rings is 1. The normalized spacial score (nSPS) is 11.8. The van der Waals surface area contributed by atoms with Crippen LogP contribution in [0.25, 0.3) is 0 Å². The maximum Gasteiger partial charge on any atom is 0.238 e. The fourth-order valence-corrected chi connectivity index (χ4v) is 2.29. The number of halogens is 1. The average molecular weight is 292 g/mol. The van der Waals surface area contributed by atoms with Crippen LogP contribution in [0.15, 0.2) is 23.1 Å². The fraction of sp³-hybridized carbons (Fsp3) is 0.500. The molecule has 6 heteroatoms. The van der Waals surface area contributed by atoms with Crippen LogP contribution in [0.2, 0.25) is 5.02 Å². The smallest absolute Gasteiger partial charge is 0.238 e. The Morgan fingerprint density at radius 2 is 2.06 bits per heavy atom. The van der Waals surface area contributed by atoms with Gasteiger partial charge in [-0.2, -0.15) is 0 Å². The summed E-state index contributed by atoms with van der Waals surface area (Å²) in [5, 5.41) is 5.26. The van der Waals surface area contributed by atoms with E-state index >= 15 is 0 Å². The quantitative estimate of drug-likeness (QED) is 0.819. The van der Waals surface area contributed by atoms with E-state index in [1.807, 2.05) is 0 Å². The number of ether oxygens (including phenoxy) is 1. The first kappa shape index (κ1) is 15.3. The van der Waals surface area contributed by atoms with Crippen molar-refractivity contribution in [2.24, 2.45) is 11.1 Å². The maximum atomic E-state index is 11.1. The number of hydrogen-bond acceptors (Lipinski definition) is 3. The van der Waals surface area contributed by atoms with Crippen molar-refractivity contribution in [2.45, 2.75) is 31.6 Å². The van der Waals surface area contributed by atoms with Gasteiger partial charge in [-0.05, 0) is 37.0 Å². The summed E-state index contributed by atoms with van der Waals surface area (Å²) in [7, 11) is -3.72. The second-order valence-corrected chi connectivity index (χ2v) is 6.49. The van der Waals surface area contributed by atoms with Crippen molar-refractivity contribution in [3.05, 3.63) is 23.2 Å². The molecule has 18 heavy (non-hydrogen) atoms. The number of primary sulfonamides is 1. The minimum atomic E-state index is -3.72. The highest BCUT2D eigenvalue weighted by molar-refractivity contribution is 7.89. The summed E-state index contributed by atoms with van der Waals surface area (Å²) in [6.07, 6.45) is 2.01. The van der Waals surface area contributed by atoms with Gasteiger partial charge in [-0.3, -0.25) is 0 Å². The Balaban J connectivity index is 2.64. The zero-order valence-electron chi connectivity index (χ0n) is 10.5. The van der Waals surface area contributed by atoms with Crippen molar-refractivity contribution in [1.29, 1.82) is 0 Å². The van der Waals surface area contributed by atoms with E-state index in [0.29, 0.717) is 18.3 Å². The Bertz CT molecular complexity index is 500. The van der Waals surface area contributed by atoms with Gasteiger partial charge in [0.05, 0.1) is 16.5 Å². The summed E-state index contributed by atoms with van der Waals surface area (Å²) in [4.78, 5) is -0.0120. The molecule has 0 fully saturated rings. The van der Waals surface area contributed by atoms with Gasteiger partial charge in [-0.25, -0.2) is 13.6 Å². The summed E-state index contributed by atoms with van der Waals surface area (Å²) in [6.45, 7) is 4.86. The highest BCUT2D eigenvalue weighted by Gasteiger charge is 2.11. The van der Waals surface area contributed by atoms with Crippen LogP contribution >= 0.6 is 11.6 Å². The van der Waals surface area contributed by atoms with E-state index in [1.54, 1.807) is 0 Å². The predicted octanol–water partition coefficient (Wildman–Crippen LogP) is 2.80. The number of hydrogen-bond donors (Lipinski definition) is 1. The fourth-order valence-electron chi connectivity index (χ4n) is 1.45. The summed E-state index contributed by atoms with van der Waals surface area (Å²) in [5.41, 5.74) is 0. The zero-order chi connectivity index (χ0) is 13.8. The van der Waals surface area contributed by atoms with Crippen molar-refractivity contribution in [2.75, 3.05) is 6.61 Å². The summed E-state index contributed by atoms with van der Waals surface area (Å²) in [5.74, 6) is 1.11. The van der Waals surface area contributed by atoms with Gasteiger partial charge in [0.2, 0.25) is 10.0 Å². The molecule has 2 N–H and O–H groups in total. The Labute approximate surface area is 113 Å². The third-order valence-electron chi connectivity index (χ3n) is 2.42. The molecule has 0 atom stereocenters. The van der Waals surface area contributed by atoms with E-state index in [1.165, 1.54) is 18.2 Å². The van der Waals surface area contributed by atoms with Gasteiger partial charge in [0.25, 0.3) is 0 Å². The second kappa shape index (κ2) is 6.41. The first-order chi connectivity index (χ1) is 8.30. The van der Waals surface area contributed by atoms with E-state index in [2.05, 4.69) is 13.8 Å². The maximum absolute atomic E-state index is 11.1. The van der Waals surface area contributed by atoms with Crippen molar-refractivity contribution in [1.82, 2.24) is 0 Å². The molecule has 0 bridgehead atoms. The molecular weight excluding hydrogens is 274 g/mol. The van der Waals surface area contributed by atoms with Crippen molar-refractivity contribution in [3.8, 4) is 5.75 Å². The lowest BCUT2D eigenvalue weighted by atomic mass is 10.1. The lowest BCUT2D eigenvalue weighted by molar-refractivity contribution is 0.297. The molecule has 0 aromatic heterocycles. The van der Waals surface area contributed by atoms with Crippen LogP contribution in [0.1, 0.15) is 26.7 Å². The van der Waals surface area contributed by atoms with Gasteiger partial charge in [0.15, 0.2) is 0 Å². The van der Waals surface area contributed by atoms with Crippen LogP contribution in [0.5, 0.6) is 5.75 Å². The summed E-state index contributed by atoms with van der Waals surface area (Å²) < 4.78 is 27.7. The average Bonchev–Trinajstić information content (AvgIpc) is 2.24. The molecule has 0 aliphatic heterocycles. The van der Waals surface area contributed by atoms with E-state index in [4.69, 9.17) is 21.5 Å². The van der Waals surface area contributed by atoms with Gasteiger partial charge in [-0.15, -0.1) is 0 Å². The Kier molecular flexibility index (Phi) is 5.44. The molecule has 0 radical (unpaired) electrons. The molecule has 0 unspecified atom stereocenters. The van der Waals surface area contributed by atoms with Crippen LogP contribution in [0.4, 0.5) is 0 Å². The minimum Gasteiger partial charge on any atom is -0.492 e. The number of rotatable bonds is 6. The molecule has 0 saturated carbocycles. The lowest BCUT2D eigenvalue weighted by Gasteiger charge is -2.09. The molecule has 0 spiro atoms. The Morgan fingerprint density at radius 3 is 2.56 bits per heavy atom. The van der Waals surface area contributed by atoms with Crippen LogP contribution in [0.3, 0.4) is 0 Å². The monoisotopic (exact) mass is 291 g/mol. The van der Waals surface area contributed by atoms with Gasteiger partial charge in [-0.1, -0.05) is 25.4 Å². The SMILES string of the molecule is CC(C)CCCOc1ccc(S(N)(=O)=O)cc1Cl. The third kappa shape index (κ3) is 4.84. The molecule has 1 aromatic rings. The van der Waals surface area contributed by atoms with Crippen LogP contribution < -0.4 is 9.88 Å². The van der Waals surface area contributed by atoms with Crippen LogP contribution in [-0.4, -0.2) is 15.0 Å². The van der Waals surface area contributed by atoms with Crippen molar-refractivity contribution in [3.63, 3.8) is 0 Å². The summed E-state index contributed by atoms with van der Waals surface area (Å²) in [6, 6.07) is 4.21. The Hall–Kier alpha value is -0.780. The molecule has 1 rings (SSSR count). The molecule has 0 aliphatic rings. The first-order valence-corrected chi connectivity index (χ1v) is 7.68. The summed E-state index contributed by atoms with van der Waals surface area (Å²) >= 11 is 5.93. The lowest BCUT2D eigenvalue weighted by Crippen LogP contribution is -2.12. The minimum absolute atomic E-state index is 0.0120. The second-order valence-electron chi connectivity index (χ2n) is 4.52. The van der Waals surface area contributed by atoms with Crippen LogP contribution in [-0.2, 0) is 10.0 Å². The zero-order valence-corrected chi connectivity index (χ0v) is 12.1. The van der Waals surface area contributed by atoms with E-state index in [9.17, 15) is 8.42 Å². The molecule has 1 aromatic carbocycles. The first-order valence-electron chi connectivity index (χ1n) is 5.76. The van der Waals surface area contributed by atoms with Gasteiger partial charge in [0.1, 0.15) is 5.75 Å². The van der Waals surface area contributed by atoms with Crippen LogP contribution in [0, 0.1) is 5.92 Å². The largest absolute Gasteiger partial charge is 0.492 e. The van der Waals surface area contributed by atoms with Gasteiger partial charge in [0, 0.05) is 0 Å². The van der Waals surface area contributed by atoms with Crippen molar-refractivity contribution < 1.29 is 13.2 Å². The van der Waals surface area contributed by atoms with Gasteiger partial charge >= 0.3 is 0 Å². The molecule has 0 amide bonds.